The molecule has 0 aromatic heterocycles. The maximum absolute atomic E-state index is 12.1. The molecule has 3 nitrogen and oxygen atoms in total. The van der Waals surface area contributed by atoms with Crippen molar-refractivity contribution in [2.75, 3.05) is 0 Å². The monoisotopic (exact) mass is 294 g/mol. The average Bonchev–Trinajstić information content (AvgIpc) is 2.53. The Morgan fingerprint density at radius 2 is 1.90 bits per heavy atom. The van der Waals surface area contributed by atoms with Gasteiger partial charge in [-0.25, -0.2) is 4.79 Å². The third-order valence-corrected chi connectivity index (χ3v) is 4.29. The fraction of sp³-hybridized carbons (Fsp3) is 0.778. The lowest BCUT2D eigenvalue weighted by Crippen LogP contribution is -2.30. The first-order chi connectivity index (χ1) is 10.2. The second-order valence-electron chi connectivity index (χ2n) is 5.99. The van der Waals surface area contributed by atoms with Crippen LogP contribution in [0.2, 0.25) is 0 Å². The molecule has 1 aliphatic carbocycles. The molecule has 0 spiro atoms. The number of rotatable bonds is 9. The molecule has 1 atom stereocenters. The Morgan fingerprint density at radius 1 is 1.19 bits per heavy atom. The number of ketones is 1. The second kappa shape index (κ2) is 10.6. The molecule has 1 rings (SSSR count). The fourth-order valence-electron chi connectivity index (χ4n) is 2.89. The van der Waals surface area contributed by atoms with Crippen molar-refractivity contribution in [3.05, 3.63) is 12.2 Å². The van der Waals surface area contributed by atoms with Crippen LogP contribution in [0.1, 0.15) is 78.1 Å². The zero-order chi connectivity index (χ0) is 15.5. The molecule has 0 heterocycles. The fourth-order valence-corrected chi connectivity index (χ4v) is 2.89. The number of Topliss-reactive ketones (excluding diaryl/α,β-unsaturated/α-hetero) is 1. The molecule has 21 heavy (non-hydrogen) atoms. The summed E-state index contributed by atoms with van der Waals surface area (Å²) in [5, 5.41) is 0. The van der Waals surface area contributed by atoms with E-state index < -0.39 is 5.97 Å². The molecule has 1 unspecified atom stereocenters. The summed E-state index contributed by atoms with van der Waals surface area (Å²) >= 11 is 0. The number of hydrogen-bond donors (Lipinski definition) is 0. The highest BCUT2D eigenvalue weighted by molar-refractivity contribution is 6.34. The number of ether oxygens (including phenoxy) is 1. The second-order valence-corrected chi connectivity index (χ2v) is 5.99. The van der Waals surface area contributed by atoms with Crippen LogP contribution in [0.25, 0.3) is 0 Å². The molecule has 0 aromatic carbocycles. The van der Waals surface area contributed by atoms with Crippen molar-refractivity contribution in [2.24, 2.45) is 5.92 Å². The van der Waals surface area contributed by atoms with E-state index in [9.17, 15) is 9.59 Å². The normalized spacial score (nSPS) is 17.8. The van der Waals surface area contributed by atoms with Gasteiger partial charge in [-0.05, 0) is 51.9 Å². The summed E-state index contributed by atoms with van der Waals surface area (Å²) in [6.07, 6.45) is 14.0. The van der Waals surface area contributed by atoms with Crippen LogP contribution in [0.3, 0.4) is 0 Å². The van der Waals surface area contributed by atoms with Crippen molar-refractivity contribution in [3.8, 4) is 0 Å². The van der Waals surface area contributed by atoms with Gasteiger partial charge < -0.3 is 4.74 Å². The van der Waals surface area contributed by atoms with E-state index in [0.29, 0.717) is 0 Å². The van der Waals surface area contributed by atoms with E-state index in [4.69, 9.17) is 4.74 Å². The first-order valence-corrected chi connectivity index (χ1v) is 8.55. The minimum absolute atomic E-state index is 0.0848. The molecule has 3 heteroatoms. The van der Waals surface area contributed by atoms with Gasteiger partial charge in [0.15, 0.2) is 0 Å². The van der Waals surface area contributed by atoms with Gasteiger partial charge in [0.05, 0.1) is 0 Å². The van der Waals surface area contributed by atoms with Gasteiger partial charge in [0.2, 0.25) is 5.78 Å². The number of hydrogen-bond acceptors (Lipinski definition) is 3. The van der Waals surface area contributed by atoms with Crippen molar-refractivity contribution in [3.63, 3.8) is 0 Å². The van der Waals surface area contributed by atoms with Crippen LogP contribution in [0.4, 0.5) is 0 Å². The van der Waals surface area contributed by atoms with Gasteiger partial charge >= 0.3 is 5.97 Å². The van der Waals surface area contributed by atoms with Gasteiger partial charge in [0, 0.05) is 5.92 Å². The molecule has 1 aliphatic rings. The van der Waals surface area contributed by atoms with Crippen LogP contribution in [-0.2, 0) is 14.3 Å². The SMILES string of the molecule is CC=CCCCCC(CC)OC(=O)C(=O)C1CCCCC1. The van der Waals surface area contributed by atoms with E-state index >= 15 is 0 Å². The standard InChI is InChI=1S/C18H30O3/c1-3-5-6-7-11-14-16(4-2)21-18(20)17(19)15-12-9-8-10-13-15/h3,5,15-16H,4,6-14H2,1-2H3. The number of allylic oxidation sites excluding steroid dienone is 2. The molecule has 0 bridgehead atoms. The van der Waals surface area contributed by atoms with Crippen LogP contribution in [0.15, 0.2) is 12.2 Å². The van der Waals surface area contributed by atoms with Gasteiger partial charge in [-0.3, -0.25) is 4.79 Å². The molecular formula is C18H30O3. The molecule has 0 amide bonds. The average molecular weight is 294 g/mol. The molecule has 1 saturated carbocycles. The predicted molar refractivity (Wildman–Crippen MR) is 85.0 cm³/mol. The van der Waals surface area contributed by atoms with Crippen molar-refractivity contribution in [1.82, 2.24) is 0 Å². The van der Waals surface area contributed by atoms with Crippen molar-refractivity contribution in [1.29, 1.82) is 0 Å². The molecule has 0 radical (unpaired) electrons. The summed E-state index contributed by atoms with van der Waals surface area (Å²) in [5.41, 5.74) is 0. The molecule has 0 aromatic rings. The Labute approximate surface area is 129 Å². The van der Waals surface area contributed by atoms with Gasteiger partial charge in [-0.15, -0.1) is 0 Å². The Balaban J connectivity index is 2.30. The summed E-state index contributed by atoms with van der Waals surface area (Å²) in [7, 11) is 0. The molecule has 0 saturated heterocycles. The van der Waals surface area contributed by atoms with E-state index in [2.05, 4.69) is 12.2 Å². The quantitative estimate of drug-likeness (QED) is 0.270. The number of carbonyl (C=O) groups excluding carboxylic acids is 2. The first-order valence-electron chi connectivity index (χ1n) is 8.55. The molecule has 1 fully saturated rings. The van der Waals surface area contributed by atoms with Gasteiger partial charge in [-0.2, -0.15) is 0 Å². The van der Waals surface area contributed by atoms with E-state index in [1.807, 2.05) is 13.8 Å². The highest BCUT2D eigenvalue weighted by Gasteiger charge is 2.29. The van der Waals surface area contributed by atoms with Gasteiger partial charge in [0.25, 0.3) is 0 Å². The Kier molecular flexibility index (Phi) is 9.04. The van der Waals surface area contributed by atoms with Crippen LogP contribution in [0, 0.1) is 5.92 Å². The summed E-state index contributed by atoms with van der Waals surface area (Å²) in [4.78, 5) is 24.0. The molecular weight excluding hydrogens is 264 g/mol. The molecule has 0 N–H and O–H groups in total. The lowest BCUT2D eigenvalue weighted by Gasteiger charge is -2.21. The Bertz CT molecular complexity index is 340. The summed E-state index contributed by atoms with van der Waals surface area (Å²) < 4.78 is 5.41. The highest BCUT2D eigenvalue weighted by atomic mass is 16.5. The van der Waals surface area contributed by atoms with Crippen LogP contribution < -0.4 is 0 Å². The minimum Gasteiger partial charge on any atom is -0.457 e. The molecule has 120 valence electrons. The van der Waals surface area contributed by atoms with Crippen LogP contribution in [0.5, 0.6) is 0 Å². The van der Waals surface area contributed by atoms with Crippen molar-refractivity contribution in [2.45, 2.75) is 84.2 Å². The van der Waals surface area contributed by atoms with Crippen LogP contribution >= 0.6 is 0 Å². The lowest BCUT2D eigenvalue weighted by atomic mass is 9.86. The predicted octanol–water partition coefficient (Wildman–Crippen LogP) is 4.59. The maximum Gasteiger partial charge on any atom is 0.375 e. The number of esters is 1. The third-order valence-electron chi connectivity index (χ3n) is 4.29. The van der Waals surface area contributed by atoms with E-state index in [1.165, 1.54) is 6.42 Å². The van der Waals surface area contributed by atoms with Gasteiger partial charge in [0.1, 0.15) is 6.10 Å². The van der Waals surface area contributed by atoms with Gasteiger partial charge in [-0.1, -0.05) is 38.3 Å². The largest absolute Gasteiger partial charge is 0.457 e. The topological polar surface area (TPSA) is 43.4 Å². The zero-order valence-corrected chi connectivity index (χ0v) is 13.6. The maximum atomic E-state index is 12.1. The Hall–Kier alpha value is -1.12. The van der Waals surface area contributed by atoms with E-state index in [-0.39, 0.29) is 17.8 Å². The molecule has 0 aliphatic heterocycles. The summed E-state index contributed by atoms with van der Waals surface area (Å²) in [5.74, 6) is -0.970. The Morgan fingerprint density at radius 3 is 2.52 bits per heavy atom. The highest BCUT2D eigenvalue weighted by Crippen LogP contribution is 2.25. The number of unbranched alkanes of at least 4 members (excludes halogenated alkanes) is 2. The number of carbonyl (C=O) groups is 2. The van der Waals surface area contributed by atoms with E-state index in [1.54, 1.807) is 0 Å². The third kappa shape index (κ3) is 6.92. The smallest absolute Gasteiger partial charge is 0.375 e. The van der Waals surface area contributed by atoms with Crippen molar-refractivity contribution >= 4 is 11.8 Å². The van der Waals surface area contributed by atoms with E-state index in [0.717, 1.165) is 57.8 Å². The summed E-state index contributed by atoms with van der Waals surface area (Å²) in [6.45, 7) is 4.03. The summed E-state index contributed by atoms with van der Waals surface area (Å²) in [6, 6.07) is 0. The minimum atomic E-state index is -0.595. The van der Waals surface area contributed by atoms with Crippen LogP contribution in [-0.4, -0.2) is 17.9 Å². The lowest BCUT2D eigenvalue weighted by molar-refractivity contribution is -0.160. The zero-order valence-electron chi connectivity index (χ0n) is 13.6. The van der Waals surface area contributed by atoms with Crippen molar-refractivity contribution < 1.29 is 14.3 Å². The first kappa shape index (κ1) is 17.9.